The Hall–Kier alpha value is -3.59. The average molecular weight is 362 g/mol. The number of rotatable bonds is 2. The third-order valence-corrected chi connectivity index (χ3v) is 5.45. The Morgan fingerprint density at radius 3 is 2.50 bits per heavy atom. The molecule has 0 unspecified atom stereocenters. The van der Waals surface area contributed by atoms with Crippen LogP contribution in [0.4, 0.5) is 0 Å². The molecule has 3 heteroatoms. The summed E-state index contributed by atoms with van der Waals surface area (Å²) in [5, 5.41) is 9.40. The lowest BCUT2D eigenvalue weighted by molar-refractivity contribution is -0.721. The first-order valence-corrected chi connectivity index (χ1v) is 9.40. The van der Waals surface area contributed by atoms with Crippen molar-refractivity contribution in [2.45, 2.75) is 6.92 Å². The third kappa shape index (κ3) is 2.64. The summed E-state index contributed by atoms with van der Waals surface area (Å²) >= 11 is 0. The van der Waals surface area contributed by atoms with Crippen molar-refractivity contribution in [1.29, 1.82) is 0 Å². The van der Waals surface area contributed by atoms with E-state index in [1.807, 2.05) is 17.9 Å². The molecule has 0 fully saturated rings. The Morgan fingerprint density at radius 2 is 1.61 bits per heavy atom. The molecule has 0 saturated heterocycles. The Bertz CT molecular complexity index is 1340. The molecule has 1 aromatic heterocycles. The van der Waals surface area contributed by atoms with Crippen molar-refractivity contribution >= 4 is 21.5 Å². The molecular formula is C25H20N3+. The van der Waals surface area contributed by atoms with Crippen molar-refractivity contribution in [3.8, 4) is 22.4 Å². The molecule has 3 nitrogen and oxygen atoms in total. The normalized spacial score (nSPS) is 11.2. The first kappa shape index (κ1) is 16.6. The van der Waals surface area contributed by atoms with Gasteiger partial charge in [0, 0.05) is 5.10 Å². The predicted octanol–water partition coefficient (Wildman–Crippen LogP) is 5.25. The lowest BCUT2D eigenvalue weighted by Crippen LogP contribution is -2.35. The highest BCUT2D eigenvalue weighted by atomic mass is 15.3. The number of fused-ring (bicyclic) bond motifs is 3. The van der Waals surface area contributed by atoms with Crippen LogP contribution < -0.4 is 4.68 Å². The maximum Gasteiger partial charge on any atom is 0.257 e. The standard InChI is InChI=1S/C25H20N3/c1-17-10-11-19(14-24(17)25-15-26-16-27-28(25)2)21-8-5-9-22-20-7-4-3-6-18(20)12-13-23(21)22/h3-16H,1-2H3/q+1. The molecule has 0 aliphatic carbocycles. The Morgan fingerprint density at radius 1 is 0.750 bits per heavy atom. The van der Waals surface area contributed by atoms with E-state index in [-0.39, 0.29) is 0 Å². The largest absolute Gasteiger partial charge is 0.257 e. The highest BCUT2D eigenvalue weighted by Gasteiger charge is 2.15. The molecule has 0 aliphatic rings. The van der Waals surface area contributed by atoms with E-state index in [0.29, 0.717) is 0 Å². The predicted molar refractivity (Wildman–Crippen MR) is 114 cm³/mol. The number of hydrogen-bond donors (Lipinski definition) is 0. The summed E-state index contributed by atoms with van der Waals surface area (Å²) < 4.78 is 1.87. The van der Waals surface area contributed by atoms with Gasteiger partial charge in [-0.1, -0.05) is 71.4 Å². The summed E-state index contributed by atoms with van der Waals surface area (Å²) in [6.45, 7) is 2.13. The molecular weight excluding hydrogens is 342 g/mol. The van der Waals surface area contributed by atoms with Crippen molar-refractivity contribution in [1.82, 2.24) is 10.1 Å². The summed E-state index contributed by atoms with van der Waals surface area (Å²) in [4.78, 5) is 4.22. The van der Waals surface area contributed by atoms with E-state index in [9.17, 15) is 0 Å². The van der Waals surface area contributed by atoms with Gasteiger partial charge in [0.05, 0.1) is 5.56 Å². The monoisotopic (exact) mass is 362 g/mol. The molecule has 0 saturated carbocycles. The van der Waals surface area contributed by atoms with E-state index in [0.717, 1.165) is 11.3 Å². The van der Waals surface area contributed by atoms with Gasteiger partial charge in [-0.05, 0) is 51.2 Å². The fraction of sp³-hybridized carbons (Fsp3) is 0.0800. The van der Waals surface area contributed by atoms with E-state index in [1.54, 1.807) is 6.33 Å². The molecule has 0 N–H and O–H groups in total. The van der Waals surface area contributed by atoms with Gasteiger partial charge in [0.15, 0.2) is 13.4 Å². The molecule has 28 heavy (non-hydrogen) atoms. The summed E-state index contributed by atoms with van der Waals surface area (Å²) in [5.41, 5.74) is 5.81. The van der Waals surface area contributed by atoms with E-state index >= 15 is 0 Å². The second kappa shape index (κ2) is 6.54. The van der Waals surface area contributed by atoms with E-state index in [4.69, 9.17) is 0 Å². The fourth-order valence-electron chi connectivity index (χ4n) is 3.96. The molecule has 5 rings (SSSR count). The number of hydrogen-bond acceptors (Lipinski definition) is 2. The van der Waals surface area contributed by atoms with Crippen molar-refractivity contribution < 1.29 is 4.68 Å². The zero-order valence-corrected chi connectivity index (χ0v) is 15.9. The van der Waals surface area contributed by atoms with Gasteiger partial charge in [0.1, 0.15) is 6.20 Å². The summed E-state index contributed by atoms with van der Waals surface area (Å²) in [6, 6.07) is 26.2. The lowest BCUT2D eigenvalue weighted by Gasteiger charge is -2.11. The Labute approximate surface area is 163 Å². The molecule has 1 heterocycles. The van der Waals surface area contributed by atoms with Crippen LogP contribution in [-0.2, 0) is 7.05 Å². The SMILES string of the molecule is Cc1ccc(-c2cccc3c2ccc2ccccc23)cc1-c1cncn[n+]1C. The van der Waals surface area contributed by atoms with Crippen LogP contribution >= 0.6 is 0 Å². The first-order chi connectivity index (χ1) is 13.7. The van der Waals surface area contributed by atoms with Crippen LogP contribution in [0.3, 0.4) is 0 Å². The second-order valence-corrected chi connectivity index (χ2v) is 7.14. The minimum Gasteiger partial charge on any atom is -0.232 e. The third-order valence-electron chi connectivity index (χ3n) is 5.45. The van der Waals surface area contributed by atoms with E-state index in [1.165, 1.54) is 38.2 Å². The first-order valence-electron chi connectivity index (χ1n) is 9.40. The van der Waals surface area contributed by atoms with E-state index in [2.05, 4.69) is 89.8 Å². The number of nitrogens with zero attached hydrogens (tertiary/aromatic N) is 3. The van der Waals surface area contributed by atoms with Crippen LogP contribution in [0, 0.1) is 6.92 Å². The van der Waals surface area contributed by atoms with Crippen LogP contribution in [0.25, 0.3) is 43.9 Å². The topological polar surface area (TPSA) is 29.7 Å². The number of aryl methyl sites for hydroxylation is 2. The van der Waals surface area contributed by atoms with Gasteiger partial charge < -0.3 is 0 Å². The molecule has 0 radical (unpaired) electrons. The van der Waals surface area contributed by atoms with Gasteiger partial charge in [-0.3, -0.25) is 0 Å². The molecule has 0 atom stereocenters. The number of aromatic nitrogens is 3. The highest BCUT2D eigenvalue weighted by molar-refractivity contribution is 6.12. The maximum absolute atomic E-state index is 4.29. The van der Waals surface area contributed by atoms with Crippen LogP contribution in [0.1, 0.15) is 5.56 Å². The van der Waals surface area contributed by atoms with Crippen molar-refractivity contribution in [3.63, 3.8) is 0 Å². The van der Waals surface area contributed by atoms with Gasteiger partial charge in [-0.25, -0.2) is 4.98 Å². The maximum atomic E-state index is 4.29. The molecule has 0 aliphatic heterocycles. The Kier molecular flexibility index (Phi) is 3.87. The quantitative estimate of drug-likeness (QED) is 0.317. The summed E-state index contributed by atoms with van der Waals surface area (Å²) in [6.07, 6.45) is 3.44. The summed E-state index contributed by atoms with van der Waals surface area (Å²) in [5.74, 6) is 0. The van der Waals surface area contributed by atoms with Gasteiger partial charge in [-0.2, -0.15) is 0 Å². The molecule has 134 valence electrons. The van der Waals surface area contributed by atoms with E-state index < -0.39 is 0 Å². The smallest absolute Gasteiger partial charge is 0.232 e. The van der Waals surface area contributed by atoms with Gasteiger partial charge in [0.2, 0.25) is 0 Å². The van der Waals surface area contributed by atoms with Crippen molar-refractivity contribution in [2.24, 2.45) is 7.05 Å². The minimum atomic E-state index is 1.01. The molecule has 4 aromatic carbocycles. The van der Waals surface area contributed by atoms with Crippen LogP contribution in [0.5, 0.6) is 0 Å². The van der Waals surface area contributed by atoms with Crippen LogP contribution in [0.15, 0.2) is 85.3 Å². The fourth-order valence-corrected chi connectivity index (χ4v) is 3.96. The molecule has 0 spiro atoms. The second-order valence-electron chi connectivity index (χ2n) is 7.14. The zero-order chi connectivity index (χ0) is 19.1. The minimum absolute atomic E-state index is 1.01. The molecule has 5 aromatic rings. The summed E-state index contributed by atoms with van der Waals surface area (Å²) in [7, 11) is 1.95. The molecule has 0 amide bonds. The van der Waals surface area contributed by atoms with Crippen molar-refractivity contribution in [2.75, 3.05) is 0 Å². The van der Waals surface area contributed by atoms with Gasteiger partial charge in [0.25, 0.3) is 5.69 Å². The lowest BCUT2D eigenvalue weighted by atomic mass is 9.92. The van der Waals surface area contributed by atoms with Crippen LogP contribution in [-0.4, -0.2) is 10.1 Å². The number of benzene rings is 4. The highest BCUT2D eigenvalue weighted by Crippen LogP contribution is 2.35. The molecule has 0 bridgehead atoms. The van der Waals surface area contributed by atoms with Crippen LogP contribution in [0.2, 0.25) is 0 Å². The van der Waals surface area contributed by atoms with Gasteiger partial charge >= 0.3 is 0 Å². The van der Waals surface area contributed by atoms with Gasteiger partial charge in [-0.15, -0.1) is 0 Å². The average Bonchev–Trinajstić information content (AvgIpc) is 2.74. The Balaban J connectivity index is 1.76. The van der Waals surface area contributed by atoms with Crippen molar-refractivity contribution in [3.05, 3.63) is 90.9 Å². The zero-order valence-electron chi connectivity index (χ0n) is 15.9.